The van der Waals surface area contributed by atoms with E-state index in [1.807, 2.05) is 24.9 Å². The van der Waals surface area contributed by atoms with Crippen LogP contribution in [0.3, 0.4) is 0 Å². The predicted molar refractivity (Wildman–Crippen MR) is 50.7 cm³/mol. The molecular formula is C10H15FN2O. The van der Waals surface area contributed by atoms with Crippen LogP contribution < -0.4 is 0 Å². The lowest BCUT2D eigenvalue weighted by Gasteiger charge is -2.21. The van der Waals surface area contributed by atoms with Gasteiger partial charge in [-0.1, -0.05) is 5.16 Å². The van der Waals surface area contributed by atoms with Gasteiger partial charge in [0.05, 0.1) is 11.7 Å². The van der Waals surface area contributed by atoms with Gasteiger partial charge in [0, 0.05) is 12.1 Å². The van der Waals surface area contributed by atoms with Crippen molar-refractivity contribution in [3.8, 4) is 0 Å². The summed E-state index contributed by atoms with van der Waals surface area (Å²) in [7, 11) is 1.94. The molecule has 1 aromatic heterocycles. The average Bonchev–Trinajstić information content (AvgIpc) is 2.72. The van der Waals surface area contributed by atoms with E-state index in [0.29, 0.717) is 0 Å². The van der Waals surface area contributed by atoms with E-state index in [2.05, 4.69) is 5.16 Å². The van der Waals surface area contributed by atoms with Crippen LogP contribution in [0.2, 0.25) is 0 Å². The molecule has 0 spiro atoms. The zero-order valence-corrected chi connectivity index (χ0v) is 8.53. The third-order valence-corrected chi connectivity index (χ3v) is 2.99. The highest BCUT2D eigenvalue weighted by Gasteiger charge is 2.33. The van der Waals surface area contributed by atoms with Crippen molar-refractivity contribution in [3.05, 3.63) is 17.5 Å². The Hall–Kier alpha value is -0.900. The first-order valence-corrected chi connectivity index (χ1v) is 4.93. The normalized spacial score (nSPS) is 28.5. The first-order valence-electron chi connectivity index (χ1n) is 4.93. The number of nitrogens with zero attached hydrogens (tertiary/aromatic N) is 2. The van der Waals surface area contributed by atoms with E-state index in [0.717, 1.165) is 24.3 Å². The third kappa shape index (κ3) is 1.54. The summed E-state index contributed by atoms with van der Waals surface area (Å²) in [4.78, 5) is 2.04. The SMILES string of the molecule is Cc1cc([C@H]2CC[C@H](CF)N2C)on1. The molecule has 1 saturated heterocycles. The summed E-state index contributed by atoms with van der Waals surface area (Å²) in [5.41, 5.74) is 0.886. The number of hydrogen-bond acceptors (Lipinski definition) is 3. The molecule has 0 amide bonds. The Morgan fingerprint density at radius 2 is 2.43 bits per heavy atom. The lowest BCUT2D eigenvalue weighted by molar-refractivity contribution is 0.183. The van der Waals surface area contributed by atoms with Crippen LogP contribution >= 0.6 is 0 Å². The zero-order valence-electron chi connectivity index (χ0n) is 8.53. The zero-order chi connectivity index (χ0) is 10.1. The molecule has 0 radical (unpaired) electrons. The van der Waals surface area contributed by atoms with Gasteiger partial charge in [-0.15, -0.1) is 0 Å². The monoisotopic (exact) mass is 198 g/mol. The van der Waals surface area contributed by atoms with E-state index in [4.69, 9.17) is 4.52 Å². The van der Waals surface area contributed by atoms with E-state index in [9.17, 15) is 4.39 Å². The van der Waals surface area contributed by atoms with E-state index in [1.54, 1.807) is 0 Å². The van der Waals surface area contributed by atoms with Crippen LogP contribution in [-0.2, 0) is 0 Å². The van der Waals surface area contributed by atoms with Crippen molar-refractivity contribution in [2.75, 3.05) is 13.7 Å². The standard InChI is InChI=1S/C10H15FN2O/c1-7-5-10(14-12-7)9-4-3-8(6-11)13(9)2/h5,8-9H,3-4,6H2,1-2H3/t8-,9-/m1/s1. The van der Waals surface area contributed by atoms with Crippen molar-refractivity contribution in [1.29, 1.82) is 0 Å². The van der Waals surface area contributed by atoms with E-state index < -0.39 is 0 Å². The second kappa shape index (κ2) is 3.69. The molecule has 2 heterocycles. The van der Waals surface area contributed by atoms with Crippen molar-refractivity contribution in [2.45, 2.75) is 31.8 Å². The molecule has 0 N–H and O–H groups in total. The van der Waals surface area contributed by atoms with E-state index in [1.165, 1.54) is 0 Å². The number of alkyl halides is 1. The molecule has 1 aliphatic rings. The molecule has 0 bridgehead atoms. The molecule has 4 heteroatoms. The minimum Gasteiger partial charge on any atom is -0.359 e. The quantitative estimate of drug-likeness (QED) is 0.728. The molecule has 78 valence electrons. The summed E-state index contributed by atoms with van der Waals surface area (Å²) in [6.45, 7) is 1.62. The summed E-state index contributed by atoms with van der Waals surface area (Å²) < 4.78 is 17.8. The van der Waals surface area contributed by atoms with Crippen LogP contribution in [0.5, 0.6) is 0 Å². The molecule has 2 rings (SSSR count). The number of aryl methyl sites for hydroxylation is 1. The van der Waals surface area contributed by atoms with Gasteiger partial charge in [0.15, 0.2) is 5.76 Å². The second-order valence-electron chi connectivity index (χ2n) is 3.94. The highest BCUT2D eigenvalue weighted by molar-refractivity contribution is 5.10. The molecule has 0 aromatic carbocycles. The number of aromatic nitrogens is 1. The van der Waals surface area contributed by atoms with Gasteiger partial charge in [-0.25, -0.2) is 4.39 Å². The third-order valence-electron chi connectivity index (χ3n) is 2.99. The van der Waals surface area contributed by atoms with Gasteiger partial charge >= 0.3 is 0 Å². The molecule has 1 fully saturated rings. The summed E-state index contributed by atoms with van der Waals surface area (Å²) >= 11 is 0. The van der Waals surface area contributed by atoms with Crippen molar-refractivity contribution in [2.24, 2.45) is 0 Å². The maximum absolute atomic E-state index is 12.6. The second-order valence-corrected chi connectivity index (χ2v) is 3.94. The number of halogens is 1. The average molecular weight is 198 g/mol. The van der Waals surface area contributed by atoms with Crippen LogP contribution in [0.25, 0.3) is 0 Å². The Balaban J connectivity index is 2.13. The Morgan fingerprint density at radius 1 is 1.64 bits per heavy atom. The molecule has 0 unspecified atom stereocenters. The molecule has 1 aromatic rings. The number of likely N-dealkylation sites (tertiary alicyclic amines) is 1. The van der Waals surface area contributed by atoms with Crippen molar-refractivity contribution in [1.82, 2.24) is 10.1 Å². The van der Waals surface area contributed by atoms with Gasteiger partial charge < -0.3 is 4.52 Å². The molecule has 1 aliphatic heterocycles. The van der Waals surface area contributed by atoms with Crippen LogP contribution in [0.4, 0.5) is 4.39 Å². The lowest BCUT2D eigenvalue weighted by atomic mass is 10.1. The van der Waals surface area contributed by atoms with Crippen molar-refractivity contribution in [3.63, 3.8) is 0 Å². The van der Waals surface area contributed by atoms with Gasteiger partial charge in [-0.2, -0.15) is 0 Å². The van der Waals surface area contributed by atoms with Gasteiger partial charge in [0.1, 0.15) is 6.67 Å². The smallest absolute Gasteiger partial charge is 0.154 e. The molecule has 0 aliphatic carbocycles. The minimum absolute atomic E-state index is 0.0467. The van der Waals surface area contributed by atoms with Gasteiger partial charge in [0.25, 0.3) is 0 Å². The van der Waals surface area contributed by atoms with Gasteiger partial charge in [0.2, 0.25) is 0 Å². The van der Waals surface area contributed by atoms with Gasteiger partial charge in [-0.3, -0.25) is 4.90 Å². The Kier molecular flexibility index (Phi) is 2.54. The van der Waals surface area contributed by atoms with Crippen LogP contribution in [0, 0.1) is 6.92 Å². The van der Waals surface area contributed by atoms with Crippen LogP contribution in [0.1, 0.15) is 30.3 Å². The molecular weight excluding hydrogens is 183 g/mol. The Morgan fingerprint density at radius 3 is 2.93 bits per heavy atom. The fourth-order valence-electron chi connectivity index (χ4n) is 2.08. The van der Waals surface area contributed by atoms with Crippen molar-refractivity contribution < 1.29 is 8.91 Å². The minimum atomic E-state index is -0.278. The summed E-state index contributed by atoms with van der Waals surface area (Å²) in [5, 5.41) is 3.85. The van der Waals surface area contributed by atoms with Crippen LogP contribution in [0.15, 0.2) is 10.6 Å². The highest BCUT2D eigenvalue weighted by Crippen LogP contribution is 2.34. The summed E-state index contributed by atoms with van der Waals surface area (Å²) in [6, 6.07) is 2.18. The van der Waals surface area contributed by atoms with E-state index in [-0.39, 0.29) is 18.8 Å². The first-order chi connectivity index (χ1) is 6.72. The molecule has 2 atom stereocenters. The lowest BCUT2D eigenvalue weighted by Crippen LogP contribution is -2.28. The number of rotatable bonds is 2. The van der Waals surface area contributed by atoms with Crippen LogP contribution in [-0.4, -0.2) is 29.8 Å². The van der Waals surface area contributed by atoms with E-state index >= 15 is 0 Å². The molecule has 14 heavy (non-hydrogen) atoms. The largest absolute Gasteiger partial charge is 0.359 e. The summed E-state index contributed by atoms with van der Waals surface area (Å²) in [6.07, 6.45) is 1.86. The topological polar surface area (TPSA) is 29.3 Å². The fraction of sp³-hybridized carbons (Fsp3) is 0.700. The molecule has 3 nitrogen and oxygen atoms in total. The highest BCUT2D eigenvalue weighted by atomic mass is 19.1. The summed E-state index contributed by atoms with van der Waals surface area (Å²) in [5.74, 6) is 0.862. The fourth-order valence-corrected chi connectivity index (χ4v) is 2.08. The Labute approximate surface area is 82.9 Å². The van der Waals surface area contributed by atoms with Crippen molar-refractivity contribution >= 4 is 0 Å². The van der Waals surface area contributed by atoms with Gasteiger partial charge in [-0.05, 0) is 26.8 Å². The first kappa shape index (κ1) is 9.65. The maximum atomic E-state index is 12.6. The maximum Gasteiger partial charge on any atom is 0.154 e. The Bertz CT molecular complexity index is 313. The predicted octanol–water partition coefficient (Wildman–Crippen LogP) is 2.09. The molecule has 0 saturated carbocycles. The number of hydrogen-bond donors (Lipinski definition) is 0.